The Kier molecular flexibility index (Phi) is 7.26. The highest BCUT2D eigenvalue weighted by atomic mass is 16.3. The molecule has 0 aliphatic carbocycles. The van der Waals surface area contributed by atoms with Crippen molar-refractivity contribution in [2.24, 2.45) is 5.92 Å². The van der Waals surface area contributed by atoms with Crippen LogP contribution in [0.15, 0.2) is 29.3 Å². The van der Waals surface area contributed by atoms with E-state index in [2.05, 4.69) is 25.8 Å². The molecular formula is C24H32N6O4. The van der Waals surface area contributed by atoms with Gasteiger partial charge in [-0.3, -0.25) is 24.3 Å². The minimum Gasteiger partial charge on any atom is -0.483 e. The number of anilines is 1. The molecule has 0 unspecified atom stereocenters. The first-order valence-electron chi connectivity index (χ1n) is 11.7. The molecule has 5 heterocycles. The predicted molar refractivity (Wildman–Crippen MR) is 127 cm³/mol. The number of fused-ring (bicyclic) bond motifs is 4. The van der Waals surface area contributed by atoms with Gasteiger partial charge >= 0.3 is 0 Å². The van der Waals surface area contributed by atoms with Crippen LogP contribution in [0.2, 0.25) is 0 Å². The Bertz CT molecular complexity index is 1100. The van der Waals surface area contributed by atoms with Crippen LogP contribution < -0.4 is 10.5 Å². The van der Waals surface area contributed by atoms with Crippen molar-refractivity contribution in [2.45, 2.75) is 38.3 Å². The normalized spacial score (nSPS) is 21.3. The molecule has 0 radical (unpaired) electrons. The van der Waals surface area contributed by atoms with Crippen molar-refractivity contribution < 1.29 is 14.7 Å². The van der Waals surface area contributed by atoms with Crippen LogP contribution >= 0.6 is 0 Å². The third-order valence-electron chi connectivity index (χ3n) is 6.85. The summed E-state index contributed by atoms with van der Waals surface area (Å²) < 4.78 is 2.03. The fraction of sp³-hybridized carbons (Fsp3) is 0.542. The number of likely N-dealkylation sites (tertiary alicyclic amines) is 1. The summed E-state index contributed by atoms with van der Waals surface area (Å²) >= 11 is 0. The van der Waals surface area contributed by atoms with Crippen molar-refractivity contribution in [3.63, 3.8) is 0 Å². The summed E-state index contributed by atoms with van der Waals surface area (Å²) in [5.41, 5.74) is 2.60. The van der Waals surface area contributed by atoms with Crippen molar-refractivity contribution in [1.82, 2.24) is 24.3 Å². The van der Waals surface area contributed by atoms with E-state index in [-0.39, 0.29) is 23.9 Å². The van der Waals surface area contributed by atoms with Gasteiger partial charge in [-0.05, 0) is 44.3 Å². The smallest absolute Gasteiger partial charge is 0.290 e. The van der Waals surface area contributed by atoms with Gasteiger partial charge in [0.25, 0.3) is 17.9 Å². The summed E-state index contributed by atoms with van der Waals surface area (Å²) in [6, 6.07) is 4.21. The SMILES string of the molecule is CN(C)C(=O)c1cncc(N2C[C@@H]3C[C@H](C2)c2ccc(CN4CCCC4)c(=O)n2C3)n1.O=CO. The molecular weight excluding hydrogens is 436 g/mol. The molecule has 1 N–H and O–H groups in total. The van der Waals surface area contributed by atoms with E-state index in [9.17, 15) is 9.59 Å². The van der Waals surface area contributed by atoms with Crippen molar-refractivity contribution >= 4 is 18.2 Å². The lowest BCUT2D eigenvalue weighted by molar-refractivity contribution is -0.122. The molecule has 2 aromatic heterocycles. The largest absolute Gasteiger partial charge is 0.483 e. The van der Waals surface area contributed by atoms with Crippen molar-refractivity contribution in [1.29, 1.82) is 0 Å². The Labute approximate surface area is 198 Å². The topological polar surface area (TPSA) is 112 Å². The number of piperidine rings is 1. The molecule has 34 heavy (non-hydrogen) atoms. The highest BCUT2D eigenvalue weighted by Gasteiger charge is 2.36. The highest BCUT2D eigenvalue weighted by molar-refractivity contribution is 5.91. The number of aromatic nitrogens is 3. The zero-order valence-corrected chi connectivity index (χ0v) is 19.8. The number of hydrogen-bond acceptors (Lipinski definition) is 7. The molecule has 2 bridgehead atoms. The summed E-state index contributed by atoms with van der Waals surface area (Å²) in [5, 5.41) is 6.89. The average molecular weight is 469 g/mol. The zero-order chi connectivity index (χ0) is 24.2. The van der Waals surface area contributed by atoms with Crippen molar-refractivity contribution in [2.75, 3.05) is 45.2 Å². The van der Waals surface area contributed by atoms with Crippen LogP contribution in [-0.2, 0) is 17.9 Å². The minimum atomic E-state index is -0.250. The lowest BCUT2D eigenvalue weighted by Gasteiger charge is -2.43. The maximum atomic E-state index is 13.2. The molecule has 182 valence electrons. The van der Waals surface area contributed by atoms with Crippen LogP contribution in [0.1, 0.15) is 46.9 Å². The molecule has 3 aliphatic heterocycles. The van der Waals surface area contributed by atoms with Crippen molar-refractivity contribution in [3.05, 3.63) is 51.8 Å². The van der Waals surface area contributed by atoms with Gasteiger partial charge in [0.05, 0.1) is 12.4 Å². The summed E-state index contributed by atoms with van der Waals surface area (Å²) in [7, 11) is 3.43. The number of carbonyl (C=O) groups is 2. The molecule has 0 saturated carbocycles. The summed E-state index contributed by atoms with van der Waals surface area (Å²) in [5.74, 6) is 1.27. The Hall–Kier alpha value is -3.27. The first-order valence-corrected chi connectivity index (χ1v) is 11.7. The number of pyridine rings is 1. The number of carbonyl (C=O) groups excluding carboxylic acids is 1. The van der Waals surface area contributed by atoms with Crippen LogP contribution in [0.4, 0.5) is 5.82 Å². The van der Waals surface area contributed by atoms with Gasteiger partial charge in [-0.15, -0.1) is 0 Å². The number of hydrogen-bond donors (Lipinski definition) is 1. The summed E-state index contributed by atoms with van der Waals surface area (Å²) in [6.07, 6.45) is 6.81. The van der Waals surface area contributed by atoms with E-state index in [1.807, 2.05) is 10.6 Å². The maximum absolute atomic E-state index is 13.2. The molecule has 1 amide bonds. The van der Waals surface area contributed by atoms with E-state index in [0.29, 0.717) is 11.6 Å². The van der Waals surface area contributed by atoms with Crippen LogP contribution in [0, 0.1) is 5.92 Å². The molecule has 5 rings (SSSR count). The Balaban J connectivity index is 0.000000868. The van der Waals surface area contributed by atoms with Gasteiger partial charge in [-0.1, -0.05) is 6.07 Å². The number of carboxylic acid groups (broad SMARTS) is 1. The van der Waals surface area contributed by atoms with E-state index in [4.69, 9.17) is 9.90 Å². The van der Waals surface area contributed by atoms with E-state index in [0.717, 1.165) is 62.8 Å². The first-order chi connectivity index (χ1) is 16.4. The molecule has 10 nitrogen and oxygen atoms in total. The van der Waals surface area contributed by atoms with Crippen LogP contribution in [-0.4, -0.2) is 82.1 Å². The average Bonchev–Trinajstić information content (AvgIpc) is 3.34. The molecule has 2 aromatic rings. The Morgan fingerprint density at radius 2 is 1.91 bits per heavy atom. The monoisotopic (exact) mass is 468 g/mol. The standard InChI is InChI=1S/C23H30N6O2.CH2O2/c1-26(2)23(31)19-10-24-11-21(25-19)28-12-16-9-18(15-28)20-6-5-17(22(30)29(20)13-16)14-27-7-3-4-8-27;2-1-3/h5-6,10-11,16,18H,3-4,7-9,12-15H2,1-2H3;1H,(H,2,3)/t16-,18+;/m0./s1. The quantitative estimate of drug-likeness (QED) is 0.668. The number of amides is 1. The third kappa shape index (κ3) is 4.96. The molecule has 2 saturated heterocycles. The Morgan fingerprint density at radius 3 is 2.62 bits per heavy atom. The lowest BCUT2D eigenvalue weighted by atomic mass is 9.83. The van der Waals surface area contributed by atoms with E-state index in [1.54, 1.807) is 20.3 Å². The maximum Gasteiger partial charge on any atom is 0.290 e. The number of nitrogens with zero attached hydrogens (tertiary/aromatic N) is 6. The van der Waals surface area contributed by atoms with E-state index in [1.165, 1.54) is 23.9 Å². The fourth-order valence-electron chi connectivity index (χ4n) is 5.32. The van der Waals surface area contributed by atoms with Gasteiger partial charge < -0.3 is 19.5 Å². The van der Waals surface area contributed by atoms with Gasteiger partial charge in [0.15, 0.2) is 0 Å². The Morgan fingerprint density at radius 1 is 1.18 bits per heavy atom. The molecule has 0 aromatic carbocycles. The van der Waals surface area contributed by atoms with Gasteiger partial charge in [0, 0.05) is 57.4 Å². The van der Waals surface area contributed by atoms with Gasteiger partial charge in [0.2, 0.25) is 0 Å². The van der Waals surface area contributed by atoms with Crippen LogP contribution in [0.5, 0.6) is 0 Å². The van der Waals surface area contributed by atoms with Crippen molar-refractivity contribution in [3.8, 4) is 0 Å². The van der Waals surface area contributed by atoms with E-state index >= 15 is 0 Å². The number of rotatable bonds is 4. The molecule has 0 spiro atoms. The second-order valence-corrected chi connectivity index (χ2v) is 9.45. The highest BCUT2D eigenvalue weighted by Crippen LogP contribution is 2.36. The summed E-state index contributed by atoms with van der Waals surface area (Å²) in [6.45, 7) is 5.07. The second kappa shape index (κ2) is 10.3. The lowest BCUT2D eigenvalue weighted by Crippen LogP contribution is -2.48. The van der Waals surface area contributed by atoms with Gasteiger partial charge in [-0.25, -0.2) is 4.98 Å². The zero-order valence-electron chi connectivity index (χ0n) is 19.8. The molecule has 2 atom stereocenters. The molecule has 2 fully saturated rings. The summed E-state index contributed by atoms with van der Waals surface area (Å²) in [4.78, 5) is 48.9. The molecule has 3 aliphatic rings. The van der Waals surface area contributed by atoms with Gasteiger partial charge in [0.1, 0.15) is 11.5 Å². The van der Waals surface area contributed by atoms with Gasteiger partial charge in [-0.2, -0.15) is 0 Å². The fourth-order valence-corrected chi connectivity index (χ4v) is 5.32. The second-order valence-electron chi connectivity index (χ2n) is 9.45. The molecule has 10 heteroatoms. The van der Waals surface area contributed by atoms with Crippen LogP contribution in [0.3, 0.4) is 0 Å². The van der Waals surface area contributed by atoms with Crippen LogP contribution in [0.25, 0.3) is 0 Å². The first kappa shape index (κ1) is 23.9. The minimum absolute atomic E-state index is 0.144. The van der Waals surface area contributed by atoms with E-state index < -0.39 is 0 Å². The third-order valence-corrected chi connectivity index (χ3v) is 6.85. The predicted octanol–water partition coefficient (Wildman–Crippen LogP) is 1.26.